The molecule has 1 rings (SSSR count). The molecule has 1 amide bonds. The fourth-order valence-corrected chi connectivity index (χ4v) is 3.55. The Labute approximate surface area is 129 Å². The second kappa shape index (κ2) is 8.00. The SMILES string of the molecule is CCS(=O)(=O)NC(CCSC)C(=O)N1CCCC1C(=O)O. The summed E-state index contributed by atoms with van der Waals surface area (Å²) in [4.78, 5) is 24.9. The smallest absolute Gasteiger partial charge is 0.326 e. The lowest BCUT2D eigenvalue weighted by Gasteiger charge is -2.27. The molecule has 0 aromatic rings. The third kappa shape index (κ3) is 5.15. The summed E-state index contributed by atoms with van der Waals surface area (Å²) in [5.74, 6) is -0.971. The highest BCUT2D eigenvalue weighted by molar-refractivity contribution is 7.98. The van der Waals surface area contributed by atoms with Crippen molar-refractivity contribution in [1.29, 1.82) is 0 Å². The molecular formula is C12H22N2O5S2. The molecule has 0 aliphatic carbocycles. The minimum Gasteiger partial charge on any atom is -0.480 e. The highest BCUT2D eigenvalue weighted by Crippen LogP contribution is 2.19. The van der Waals surface area contributed by atoms with Gasteiger partial charge in [-0.25, -0.2) is 17.9 Å². The molecular weight excluding hydrogens is 316 g/mol. The quantitative estimate of drug-likeness (QED) is 0.652. The molecule has 1 aliphatic rings. The van der Waals surface area contributed by atoms with Gasteiger partial charge in [0, 0.05) is 6.54 Å². The van der Waals surface area contributed by atoms with Gasteiger partial charge in [0.25, 0.3) is 0 Å². The molecule has 21 heavy (non-hydrogen) atoms. The predicted molar refractivity (Wildman–Crippen MR) is 81.8 cm³/mol. The van der Waals surface area contributed by atoms with Crippen LogP contribution in [-0.2, 0) is 19.6 Å². The van der Waals surface area contributed by atoms with Crippen molar-refractivity contribution < 1.29 is 23.1 Å². The molecule has 1 aliphatic heterocycles. The van der Waals surface area contributed by atoms with E-state index in [0.29, 0.717) is 31.6 Å². The highest BCUT2D eigenvalue weighted by Gasteiger charge is 2.37. The number of nitrogens with zero attached hydrogens (tertiary/aromatic N) is 1. The summed E-state index contributed by atoms with van der Waals surface area (Å²) in [6.45, 7) is 1.85. The second-order valence-corrected chi connectivity index (χ2v) is 7.91. The number of thioether (sulfide) groups is 1. The molecule has 0 saturated carbocycles. The number of sulfonamides is 1. The molecule has 1 fully saturated rings. The average Bonchev–Trinajstić information content (AvgIpc) is 2.92. The zero-order valence-corrected chi connectivity index (χ0v) is 13.9. The minimum absolute atomic E-state index is 0.113. The van der Waals surface area contributed by atoms with Crippen molar-refractivity contribution in [3.63, 3.8) is 0 Å². The lowest BCUT2D eigenvalue weighted by Crippen LogP contribution is -2.52. The van der Waals surface area contributed by atoms with Gasteiger partial charge in [-0.3, -0.25) is 4.79 Å². The predicted octanol–water partition coefficient (Wildman–Crippen LogP) is 0.123. The number of carboxylic acids is 1. The number of carbonyl (C=O) groups excluding carboxylic acids is 1. The maximum absolute atomic E-state index is 12.5. The summed E-state index contributed by atoms with van der Waals surface area (Å²) < 4.78 is 25.8. The van der Waals surface area contributed by atoms with Crippen LogP contribution in [0, 0.1) is 0 Å². The molecule has 0 radical (unpaired) electrons. The zero-order chi connectivity index (χ0) is 16.0. The molecule has 1 saturated heterocycles. The number of nitrogens with one attached hydrogen (secondary N) is 1. The minimum atomic E-state index is -3.52. The van der Waals surface area contributed by atoms with Crippen LogP contribution in [0.5, 0.6) is 0 Å². The number of likely N-dealkylation sites (tertiary alicyclic amines) is 1. The molecule has 0 bridgehead atoms. The van der Waals surface area contributed by atoms with Crippen molar-refractivity contribution >= 4 is 33.7 Å². The van der Waals surface area contributed by atoms with Gasteiger partial charge >= 0.3 is 5.97 Å². The Balaban J connectivity index is 2.86. The molecule has 0 aromatic heterocycles. The van der Waals surface area contributed by atoms with Crippen LogP contribution < -0.4 is 4.72 Å². The van der Waals surface area contributed by atoms with E-state index < -0.39 is 34.0 Å². The lowest BCUT2D eigenvalue weighted by molar-refractivity contribution is -0.148. The Bertz CT molecular complexity index is 480. The Hall–Kier alpha value is -0.800. The van der Waals surface area contributed by atoms with Gasteiger partial charge in [0.1, 0.15) is 12.1 Å². The number of aliphatic carboxylic acids is 1. The number of carboxylic acid groups (broad SMARTS) is 1. The van der Waals surface area contributed by atoms with Gasteiger partial charge in [-0.05, 0) is 38.2 Å². The van der Waals surface area contributed by atoms with Crippen LogP contribution in [-0.4, -0.2) is 66.7 Å². The van der Waals surface area contributed by atoms with Gasteiger partial charge in [0.2, 0.25) is 15.9 Å². The van der Waals surface area contributed by atoms with Crippen LogP contribution in [0.4, 0.5) is 0 Å². The molecule has 1 heterocycles. The van der Waals surface area contributed by atoms with Gasteiger partial charge in [-0.1, -0.05) is 0 Å². The van der Waals surface area contributed by atoms with Gasteiger partial charge in [-0.15, -0.1) is 0 Å². The van der Waals surface area contributed by atoms with E-state index in [2.05, 4.69) is 4.72 Å². The fraction of sp³-hybridized carbons (Fsp3) is 0.833. The summed E-state index contributed by atoms with van der Waals surface area (Å²) in [6, 6.07) is -1.73. The van der Waals surface area contributed by atoms with E-state index in [0.717, 1.165) is 0 Å². The van der Waals surface area contributed by atoms with Gasteiger partial charge in [-0.2, -0.15) is 11.8 Å². The standard InChI is InChI=1S/C12H22N2O5S2/c1-3-21(18,19)13-9(6-8-20-2)11(15)14-7-4-5-10(14)12(16)17/h9-10,13H,3-8H2,1-2H3,(H,16,17). The molecule has 122 valence electrons. The number of rotatable bonds is 8. The first-order valence-corrected chi connectivity index (χ1v) is 9.89. The average molecular weight is 338 g/mol. The molecule has 2 unspecified atom stereocenters. The first-order chi connectivity index (χ1) is 9.82. The van der Waals surface area contributed by atoms with Crippen LogP contribution in [0.25, 0.3) is 0 Å². The van der Waals surface area contributed by atoms with Gasteiger partial charge < -0.3 is 10.0 Å². The number of hydrogen-bond acceptors (Lipinski definition) is 5. The number of carbonyl (C=O) groups is 2. The van der Waals surface area contributed by atoms with Crippen molar-refractivity contribution in [3.8, 4) is 0 Å². The summed E-state index contributed by atoms with van der Waals surface area (Å²) in [6.07, 6.45) is 3.25. The van der Waals surface area contributed by atoms with Gasteiger partial charge in [0.15, 0.2) is 0 Å². The van der Waals surface area contributed by atoms with Crippen LogP contribution in [0.2, 0.25) is 0 Å². The van der Waals surface area contributed by atoms with E-state index in [1.54, 1.807) is 0 Å². The van der Waals surface area contributed by atoms with Crippen LogP contribution >= 0.6 is 11.8 Å². The molecule has 2 atom stereocenters. The third-order valence-corrected chi connectivity index (χ3v) is 5.48. The zero-order valence-electron chi connectivity index (χ0n) is 12.2. The summed E-state index contributed by atoms with van der Waals surface area (Å²) in [5, 5.41) is 9.13. The number of hydrogen-bond donors (Lipinski definition) is 2. The van der Waals surface area contributed by atoms with Crippen molar-refractivity contribution in [2.75, 3.05) is 24.3 Å². The summed E-state index contributed by atoms with van der Waals surface area (Å²) in [7, 11) is -3.52. The van der Waals surface area contributed by atoms with E-state index in [-0.39, 0.29) is 5.75 Å². The lowest BCUT2D eigenvalue weighted by atomic mass is 10.2. The fourth-order valence-electron chi connectivity index (χ4n) is 2.26. The van der Waals surface area contributed by atoms with Crippen molar-refractivity contribution in [2.24, 2.45) is 0 Å². The van der Waals surface area contributed by atoms with Crippen LogP contribution in [0.1, 0.15) is 26.2 Å². The van der Waals surface area contributed by atoms with E-state index in [4.69, 9.17) is 5.11 Å². The van der Waals surface area contributed by atoms with Crippen molar-refractivity contribution in [2.45, 2.75) is 38.3 Å². The van der Waals surface area contributed by atoms with E-state index >= 15 is 0 Å². The van der Waals surface area contributed by atoms with E-state index in [1.807, 2.05) is 6.26 Å². The molecule has 7 nitrogen and oxygen atoms in total. The Kier molecular flexibility index (Phi) is 6.95. The topological polar surface area (TPSA) is 104 Å². The largest absolute Gasteiger partial charge is 0.480 e. The molecule has 2 N–H and O–H groups in total. The Morgan fingerprint density at radius 1 is 1.48 bits per heavy atom. The van der Waals surface area contributed by atoms with E-state index in [9.17, 15) is 18.0 Å². The first-order valence-electron chi connectivity index (χ1n) is 6.84. The molecule has 0 aromatic carbocycles. The normalized spacial score (nSPS) is 20.5. The van der Waals surface area contributed by atoms with Gasteiger partial charge in [0.05, 0.1) is 5.75 Å². The van der Waals surface area contributed by atoms with Crippen molar-refractivity contribution in [3.05, 3.63) is 0 Å². The van der Waals surface area contributed by atoms with E-state index in [1.165, 1.54) is 23.6 Å². The maximum atomic E-state index is 12.5. The molecule has 0 spiro atoms. The Morgan fingerprint density at radius 3 is 2.67 bits per heavy atom. The second-order valence-electron chi connectivity index (χ2n) is 4.88. The first kappa shape index (κ1) is 18.2. The maximum Gasteiger partial charge on any atom is 0.326 e. The number of amides is 1. The third-order valence-electron chi connectivity index (χ3n) is 3.43. The Morgan fingerprint density at radius 2 is 2.14 bits per heavy atom. The van der Waals surface area contributed by atoms with Crippen LogP contribution in [0.15, 0.2) is 0 Å². The van der Waals surface area contributed by atoms with Crippen molar-refractivity contribution in [1.82, 2.24) is 9.62 Å². The summed E-state index contributed by atoms with van der Waals surface area (Å²) in [5.41, 5.74) is 0. The summed E-state index contributed by atoms with van der Waals surface area (Å²) >= 11 is 1.51. The molecule has 9 heteroatoms. The highest BCUT2D eigenvalue weighted by atomic mass is 32.2. The van der Waals surface area contributed by atoms with Crippen LogP contribution in [0.3, 0.4) is 0 Å². The monoisotopic (exact) mass is 338 g/mol.